The van der Waals surface area contributed by atoms with Crippen LogP contribution in [0.25, 0.3) is 0 Å². The first-order valence-electron chi connectivity index (χ1n) is 8.02. The van der Waals surface area contributed by atoms with E-state index in [9.17, 15) is 4.79 Å². The maximum atomic E-state index is 12.4. The van der Waals surface area contributed by atoms with Crippen LogP contribution in [0.15, 0.2) is 41.1 Å². The average Bonchev–Trinajstić information content (AvgIpc) is 3.31. The normalized spacial score (nSPS) is 10.6. The van der Waals surface area contributed by atoms with Crippen LogP contribution in [0.2, 0.25) is 0 Å². The van der Waals surface area contributed by atoms with Crippen LogP contribution in [0.1, 0.15) is 27.6 Å². The number of hydrogen-bond donors (Lipinski definition) is 1. The molecule has 0 atom stereocenters. The number of aryl methyl sites for hydroxylation is 1. The van der Waals surface area contributed by atoms with Crippen LogP contribution in [0.3, 0.4) is 0 Å². The molecule has 0 aliphatic heterocycles. The number of ether oxygens (including phenoxy) is 2. The van der Waals surface area contributed by atoms with E-state index in [1.54, 1.807) is 26.4 Å². The summed E-state index contributed by atoms with van der Waals surface area (Å²) >= 11 is 0. The summed E-state index contributed by atoms with van der Waals surface area (Å²) in [6.45, 7) is 2.47. The van der Waals surface area contributed by atoms with Crippen molar-refractivity contribution < 1.29 is 18.7 Å². The number of aromatic amines is 1. The Morgan fingerprint density at radius 1 is 1.31 bits per heavy atom. The molecule has 8 nitrogen and oxygen atoms in total. The number of carbonyl (C=O) groups excluding carboxylic acids is 1. The van der Waals surface area contributed by atoms with Gasteiger partial charge in [-0.25, -0.2) is 4.98 Å². The number of nitrogens with one attached hydrogen (secondary N) is 1. The number of rotatable bonds is 7. The van der Waals surface area contributed by atoms with Crippen molar-refractivity contribution in [1.29, 1.82) is 0 Å². The van der Waals surface area contributed by atoms with Crippen molar-refractivity contribution >= 4 is 5.91 Å². The number of amides is 1. The van der Waals surface area contributed by atoms with E-state index in [-0.39, 0.29) is 18.2 Å². The van der Waals surface area contributed by atoms with E-state index >= 15 is 0 Å². The van der Waals surface area contributed by atoms with Crippen LogP contribution in [0.5, 0.6) is 11.5 Å². The molecular weight excluding hydrogens is 336 g/mol. The molecule has 0 bridgehead atoms. The van der Waals surface area contributed by atoms with Gasteiger partial charge in [0.1, 0.15) is 6.26 Å². The van der Waals surface area contributed by atoms with Gasteiger partial charge in [0.25, 0.3) is 5.91 Å². The molecule has 2 aromatic heterocycles. The Balaban J connectivity index is 1.62. The predicted octanol–water partition coefficient (Wildman–Crippen LogP) is 2.57. The molecule has 2 heterocycles. The third kappa shape index (κ3) is 4.02. The van der Waals surface area contributed by atoms with Crippen LogP contribution in [-0.2, 0) is 13.2 Å². The Morgan fingerprint density at radius 2 is 2.15 bits per heavy atom. The summed E-state index contributed by atoms with van der Waals surface area (Å²) < 4.78 is 16.3. The highest BCUT2D eigenvalue weighted by atomic mass is 16.5. The molecule has 0 spiro atoms. The van der Waals surface area contributed by atoms with Gasteiger partial charge in [0.05, 0.1) is 19.3 Å². The maximum absolute atomic E-state index is 12.4. The molecule has 0 saturated heterocycles. The van der Waals surface area contributed by atoms with Gasteiger partial charge < -0.3 is 18.8 Å². The topological polar surface area (TPSA) is 93.5 Å². The number of H-pyrrole nitrogens is 1. The van der Waals surface area contributed by atoms with E-state index in [1.807, 2.05) is 25.1 Å². The standard InChI is InChI=1S/C18H20N4O4/c1-12-4-5-15(16(8-12)24-3)25-11-17-20-14(10-26-17)18(23)22(2)9-13-6-7-19-21-13/h4-8,10H,9,11H2,1-3H3,(H,19,21). The fraction of sp³-hybridized carbons (Fsp3) is 0.278. The molecule has 1 N–H and O–H groups in total. The molecule has 26 heavy (non-hydrogen) atoms. The van der Waals surface area contributed by atoms with Crippen LogP contribution in [-0.4, -0.2) is 40.1 Å². The summed E-state index contributed by atoms with van der Waals surface area (Å²) in [5.74, 6) is 1.28. The van der Waals surface area contributed by atoms with Crippen molar-refractivity contribution in [2.75, 3.05) is 14.2 Å². The molecule has 3 aromatic rings. The summed E-state index contributed by atoms with van der Waals surface area (Å²) in [5, 5.41) is 6.67. The third-order valence-corrected chi connectivity index (χ3v) is 3.75. The van der Waals surface area contributed by atoms with E-state index in [2.05, 4.69) is 15.2 Å². The van der Waals surface area contributed by atoms with Crippen LogP contribution < -0.4 is 9.47 Å². The second-order valence-corrected chi connectivity index (χ2v) is 5.81. The predicted molar refractivity (Wildman–Crippen MR) is 93.0 cm³/mol. The maximum Gasteiger partial charge on any atom is 0.275 e. The monoisotopic (exact) mass is 356 g/mol. The number of aromatic nitrogens is 3. The summed E-state index contributed by atoms with van der Waals surface area (Å²) in [6, 6.07) is 7.43. The molecule has 0 aliphatic rings. The van der Waals surface area contributed by atoms with Crippen molar-refractivity contribution in [3.05, 3.63) is 59.6 Å². The molecule has 3 rings (SSSR count). The fourth-order valence-electron chi connectivity index (χ4n) is 2.40. The van der Waals surface area contributed by atoms with Gasteiger partial charge in [0.2, 0.25) is 5.89 Å². The number of nitrogens with zero attached hydrogens (tertiary/aromatic N) is 3. The van der Waals surface area contributed by atoms with Crippen LogP contribution in [0, 0.1) is 6.92 Å². The zero-order valence-electron chi connectivity index (χ0n) is 14.9. The van der Waals surface area contributed by atoms with E-state index in [4.69, 9.17) is 13.9 Å². The molecule has 1 amide bonds. The molecule has 8 heteroatoms. The Labute approximate surface area is 150 Å². The molecule has 136 valence electrons. The van der Waals surface area contributed by atoms with Crippen LogP contribution in [0.4, 0.5) is 0 Å². The fourth-order valence-corrected chi connectivity index (χ4v) is 2.40. The van der Waals surface area contributed by atoms with Crippen LogP contribution >= 0.6 is 0 Å². The lowest BCUT2D eigenvalue weighted by molar-refractivity contribution is 0.0777. The van der Waals surface area contributed by atoms with Gasteiger partial charge in [-0.15, -0.1) is 0 Å². The van der Waals surface area contributed by atoms with Gasteiger partial charge in [0.15, 0.2) is 23.8 Å². The second kappa shape index (κ2) is 7.73. The minimum atomic E-state index is -0.248. The first-order chi connectivity index (χ1) is 12.6. The lowest BCUT2D eigenvalue weighted by Crippen LogP contribution is -2.26. The van der Waals surface area contributed by atoms with E-state index < -0.39 is 0 Å². The Kier molecular flexibility index (Phi) is 5.21. The SMILES string of the molecule is COc1cc(C)ccc1OCc1nc(C(=O)N(C)Cc2ccn[nH]2)co1. The van der Waals surface area contributed by atoms with Gasteiger partial charge in [-0.3, -0.25) is 9.89 Å². The number of benzene rings is 1. The largest absolute Gasteiger partial charge is 0.493 e. The lowest BCUT2D eigenvalue weighted by Gasteiger charge is -2.13. The Bertz CT molecular complexity index is 873. The molecule has 0 unspecified atom stereocenters. The van der Waals surface area contributed by atoms with Crippen molar-refractivity contribution in [2.24, 2.45) is 0 Å². The van der Waals surface area contributed by atoms with Crippen molar-refractivity contribution in [1.82, 2.24) is 20.1 Å². The van der Waals surface area contributed by atoms with Gasteiger partial charge in [-0.05, 0) is 30.7 Å². The quantitative estimate of drug-likeness (QED) is 0.699. The summed E-state index contributed by atoms with van der Waals surface area (Å²) in [4.78, 5) is 18.1. The van der Waals surface area contributed by atoms with Gasteiger partial charge in [-0.1, -0.05) is 6.07 Å². The number of hydrogen-bond acceptors (Lipinski definition) is 6. The average molecular weight is 356 g/mol. The van der Waals surface area contributed by atoms with E-state index in [1.165, 1.54) is 11.2 Å². The van der Waals surface area contributed by atoms with Crippen molar-refractivity contribution in [3.63, 3.8) is 0 Å². The smallest absolute Gasteiger partial charge is 0.275 e. The first kappa shape index (κ1) is 17.5. The summed E-state index contributed by atoms with van der Waals surface area (Å²) in [5.41, 5.74) is 2.12. The third-order valence-electron chi connectivity index (χ3n) is 3.75. The molecule has 0 fully saturated rings. The highest BCUT2D eigenvalue weighted by Gasteiger charge is 2.18. The summed E-state index contributed by atoms with van der Waals surface area (Å²) in [7, 11) is 3.27. The molecular formula is C18H20N4O4. The lowest BCUT2D eigenvalue weighted by atomic mass is 10.2. The minimum absolute atomic E-state index is 0.0942. The van der Waals surface area contributed by atoms with Gasteiger partial charge in [0, 0.05) is 13.2 Å². The Hall–Kier alpha value is -3.29. The Morgan fingerprint density at radius 3 is 2.88 bits per heavy atom. The molecule has 0 radical (unpaired) electrons. The highest BCUT2D eigenvalue weighted by molar-refractivity contribution is 5.91. The molecule has 1 aromatic carbocycles. The molecule has 0 saturated carbocycles. The highest BCUT2D eigenvalue weighted by Crippen LogP contribution is 2.28. The van der Waals surface area contributed by atoms with Gasteiger partial charge >= 0.3 is 0 Å². The first-order valence-corrected chi connectivity index (χ1v) is 8.02. The zero-order valence-corrected chi connectivity index (χ0v) is 14.9. The van der Waals surface area contributed by atoms with Gasteiger partial charge in [-0.2, -0.15) is 5.10 Å². The molecule has 0 aliphatic carbocycles. The number of oxazole rings is 1. The summed E-state index contributed by atoms with van der Waals surface area (Å²) in [6.07, 6.45) is 2.97. The second-order valence-electron chi connectivity index (χ2n) is 5.81. The number of methoxy groups -OCH3 is 1. The zero-order chi connectivity index (χ0) is 18.5. The van der Waals surface area contributed by atoms with Crippen molar-refractivity contribution in [3.8, 4) is 11.5 Å². The minimum Gasteiger partial charge on any atom is -0.493 e. The number of carbonyl (C=O) groups is 1. The van der Waals surface area contributed by atoms with E-state index in [0.717, 1.165) is 11.3 Å². The van der Waals surface area contributed by atoms with Crippen molar-refractivity contribution in [2.45, 2.75) is 20.1 Å². The van der Waals surface area contributed by atoms with E-state index in [0.29, 0.717) is 23.9 Å².